The summed E-state index contributed by atoms with van der Waals surface area (Å²) < 4.78 is 0. The van der Waals surface area contributed by atoms with Crippen molar-refractivity contribution >= 4 is 28.7 Å². The number of anilines is 2. The Balaban J connectivity index is 1.12. The number of pyridine rings is 1. The normalized spacial score (nSPS) is 17.2. The first kappa shape index (κ1) is 23.5. The van der Waals surface area contributed by atoms with Crippen LogP contribution in [0.15, 0.2) is 48.8 Å². The highest BCUT2D eigenvalue weighted by Crippen LogP contribution is 2.33. The minimum Gasteiger partial charge on any atom is -0.340 e. The zero-order valence-corrected chi connectivity index (χ0v) is 21.3. The number of aromatic nitrogens is 5. The second-order valence-electron chi connectivity index (χ2n) is 10.1. The van der Waals surface area contributed by atoms with Crippen LogP contribution in [0.4, 0.5) is 11.8 Å². The minimum absolute atomic E-state index is 0.235. The molecule has 2 fully saturated rings. The van der Waals surface area contributed by atoms with Gasteiger partial charge in [-0.05, 0) is 68.5 Å². The molecule has 0 radical (unpaired) electrons. The van der Waals surface area contributed by atoms with E-state index >= 15 is 0 Å². The monoisotopic (exact) mass is 496 g/mol. The largest absolute Gasteiger partial charge is 0.340 e. The first-order valence-corrected chi connectivity index (χ1v) is 13.1. The fraction of sp³-hybridized carbons (Fsp3) is 0.393. The molecular formula is C28H32N8O. The van der Waals surface area contributed by atoms with Crippen molar-refractivity contribution < 1.29 is 4.79 Å². The Kier molecular flexibility index (Phi) is 6.30. The van der Waals surface area contributed by atoms with Gasteiger partial charge in [0.2, 0.25) is 11.9 Å². The molecule has 4 heterocycles. The fourth-order valence-corrected chi connectivity index (χ4v) is 5.01. The van der Waals surface area contributed by atoms with E-state index in [9.17, 15) is 4.79 Å². The number of fused-ring (bicyclic) bond motifs is 1. The summed E-state index contributed by atoms with van der Waals surface area (Å²) in [5.74, 6) is 3.10. The molecule has 9 heteroatoms. The maximum absolute atomic E-state index is 12.5. The van der Waals surface area contributed by atoms with Gasteiger partial charge in [-0.15, -0.1) is 0 Å². The van der Waals surface area contributed by atoms with Gasteiger partial charge in [0, 0.05) is 56.6 Å². The Hall–Kier alpha value is -3.85. The van der Waals surface area contributed by atoms with E-state index in [0.29, 0.717) is 17.8 Å². The van der Waals surface area contributed by atoms with Crippen molar-refractivity contribution in [2.75, 3.05) is 31.5 Å². The third kappa shape index (κ3) is 5.32. The lowest BCUT2D eigenvalue weighted by atomic mass is 10.1. The molecule has 190 valence electrons. The van der Waals surface area contributed by atoms with Gasteiger partial charge in [-0.1, -0.05) is 6.07 Å². The maximum Gasteiger partial charge on any atom is 0.222 e. The molecule has 6 rings (SSSR count). The van der Waals surface area contributed by atoms with Crippen molar-refractivity contribution in [3.63, 3.8) is 0 Å². The van der Waals surface area contributed by atoms with Crippen molar-refractivity contribution in [2.24, 2.45) is 5.92 Å². The predicted molar refractivity (Wildman–Crippen MR) is 143 cm³/mol. The van der Waals surface area contributed by atoms with Crippen LogP contribution in [0, 0.1) is 12.8 Å². The van der Waals surface area contributed by atoms with Crippen LogP contribution in [0.2, 0.25) is 0 Å². The van der Waals surface area contributed by atoms with E-state index < -0.39 is 0 Å². The minimum atomic E-state index is 0.235. The van der Waals surface area contributed by atoms with Crippen molar-refractivity contribution in [2.45, 2.75) is 39.2 Å². The van der Waals surface area contributed by atoms with Crippen LogP contribution in [0.3, 0.4) is 0 Å². The van der Waals surface area contributed by atoms with E-state index in [-0.39, 0.29) is 6.04 Å². The molecule has 37 heavy (non-hydrogen) atoms. The van der Waals surface area contributed by atoms with E-state index in [2.05, 4.69) is 60.3 Å². The number of aryl methyl sites for hydroxylation is 1. The topological polar surface area (TPSA) is 103 Å². The smallest absolute Gasteiger partial charge is 0.222 e. The summed E-state index contributed by atoms with van der Waals surface area (Å²) in [5.41, 5.74) is 4.88. The van der Waals surface area contributed by atoms with E-state index in [1.54, 1.807) is 6.20 Å². The Morgan fingerprint density at radius 3 is 2.65 bits per heavy atom. The number of hydrogen-bond donors (Lipinski definition) is 2. The standard InChI is InChI=1S/C28H32N8O/c1-18(35-11-13-36(14-12-35)27(37)15-20-3-4-20)21-7-9-30-26(17-21)34-28-32-24-6-5-22(16-25(24)33-28)23-8-10-29-19(2)31-23/h5-10,16-18,20H,3-4,11-15H2,1-2H3,(H2,30,32,33,34)/t18-/m1/s1. The molecule has 1 amide bonds. The van der Waals surface area contributed by atoms with Crippen LogP contribution in [-0.4, -0.2) is 66.8 Å². The average molecular weight is 497 g/mol. The summed E-state index contributed by atoms with van der Waals surface area (Å²) in [5, 5.41) is 3.33. The molecule has 1 atom stereocenters. The lowest BCUT2D eigenvalue weighted by molar-refractivity contribution is -0.133. The summed E-state index contributed by atoms with van der Waals surface area (Å²) in [4.78, 5) is 38.2. The van der Waals surface area contributed by atoms with Crippen LogP contribution < -0.4 is 5.32 Å². The molecule has 2 aliphatic rings. The first-order chi connectivity index (χ1) is 18.0. The Labute approximate surface area is 216 Å². The number of nitrogens with zero attached hydrogens (tertiary/aromatic N) is 6. The number of carbonyl (C=O) groups is 1. The van der Waals surface area contributed by atoms with Gasteiger partial charge in [0.25, 0.3) is 0 Å². The number of amides is 1. The molecule has 1 saturated heterocycles. The molecule has 0 bridgehead atoms. The van der Waals surface area contributed by atoms with Crippen LogP contribution >= 0.6 is 0 Å². The number of benzene rings is 1. The van der Waals surface area contributed by atoms with Gasteiger partial charge < -0.3 is 15.2 Å². The summed E-state index contributed by atoms with van der Waals surface area (Å²) in [6.45, 7) is 7.50. The molecule has 9 nitrogen and oxygen atoms in total. The number of rotatable bonds is 7. The van der Waals surface area contributed by atoms with Crippen LogP contribution in [0.5, 0.6) is 0 Å². The third-order valence-corrected chi connectivity index (χ3v) is 7.44. The molecule has 4 aromatic rings. The summed E-state index contributed by atoms with van der Waals surface area (Å²) in [7, 11) is 0. The SMILES string of the molecule is Cc1nccc(-c2ccc3nc(Nc4cc([C@@H](C)N5CCN(C(=O)CC6CC6)CC5)ccn4)[nH]c3c2)n1. The maximum atomic E-state index is 12.5. The van der Waals surface area contributed by atoms with Gasteiger partial charge in [0.05, 0.1) is 16.7 Å². The fourth-order valence-electron chi connectivity index (χ4n) is 5.01. The van der Waals surface area contributed by atoms with Crippen molar-refractivity contribution in [1.29, 1.82) is 0 Å². The zero-order chi connectivity index (χ0) is 25.4. The molecule has 1 aliphatic carbocycles. The molecule has 1 saturated carbocycles. The van der Waals surface area contributed by atoms with Crippen molar-refractivity contribution in [1.82, 2.24) is 34.7 Å². The van der Waals surface area contributed by atoms with Crippen LogP contribution in [-0.2, 0) is 4.79 Å². The quantitative estimate of drug-likeness (QED) is 0.389. The lowest BCUT2D eigenvalue weighted by Crippen LogP contribution is -2.49. The number of H-pyrrole nitrogens is 1. The summed E-state index contributed by atoms with van der Waals surface area (Å²) in [6.07, 6.45) is 6.79. The highest BCUT2D eigenvalue weighted by atomic mass is 16.2. The van der Waals surface area contributed by atoms with Crippen molar-refractivity contribution in [3.8, 4) is 11.3 Å². The average Bonchev–Trinajstić information content (AvgIpc) is 3.64. The van der Waals surface area contributed by atoms with Gasteiger partial charge in [0.1, 0.15) is 11.6 Å². The molecule has 0 unspecified atom stereocenters. The van der Waals surface area contributed by atoms with Crippen LogP contribution in [0.1, 0.15) is 43.6 Å². The Morgan fingerprint density at radius 1 is 1.05 bits per heavy atom. The number of imidazole rings is 1. The van der Waals surface area contributed by atoms with Gasteiger partial charge in [-0.2, -0.15) is 0 Å². The second kappa shape index (κ2) is 9.89. The molecule has 1 aromatic carbocycles. The van der Waals surface area contributed by atoms with Gasteiger partial charge in [-0.25, -0.2) is 19.9 Å². The number of nitrogens with one attached hydrogen (secondary N) is 2. The Morgan fingerprint density at radius 2 is 1.86 bits per heavy atom. The number of aromatic amines is 1. The number of piperazine rings is 1. The van der Waals surface area contributed by atoms with E-state index in [4.69, 9.17) is 0 Å². The lowest BCUT2D eigenvalue weighted by Gasteiger charge is -2.38. The van der Waals surface area contributed by atoms with Gasteiger partial charge in [-0.3, -0.25) is 9.69 Å². The van der Waals surface area contributed by atoms with E-state index in [1.807, 2.05) is 36.2 Å². The van der Waals surface area contributed by atoms with E-state index in [0.717, 1.165) is 66.5 Å². The highest BCUT2D eigenvalue weighted by Gasteiger charge is 2.29. The van der Waals surface area contributed by atoms with E-state index in [1.165, 1.54) is 18.4 Å². The zero-order valence-electron chi connectivity index (χ0n) is 21.3. The summed E-state index contributed by atoms with van der Waals surface area (Å²) in [6, 6.07) is 12.4. The third-order valence-electron chi connectivity index (χ3n) is 7.44. The molecule has 3 aromatic heterocycles. The number of carbonyl (C=O) groups excluding carboxylic acids is 1. The van der Waals surface area contributed by atoms with Gasteiger partial charge >= 0.3 is 0 Å². The predicted octanol–water partition coefficient (Wildman–Crippen LogP) is 4.47. The Bertz CT molecular complexity index is 1420. The highest BCUT2D eigenvalue weighted by molar-refractivity contribution is 5.83. The van der Waals surface area contributed by atoms with Gasteiger partial charge in [0.15, 0.2) is 0 Å². The second-order valence-corrected chi connectivity index (χ2v) is 10.1. The molecular weight excluding hydrogens is 464 g/mol. The first-order valence-electron chi connectivity index (χ1n) is 13.1. The summed E-state index contributed by atoms with van der Waals surface area (Å²) >= 11 is 0. The number of hydrogen-bond acceptors (Lipinski definition) is 7. The van der Waals surface area contributed by atoms with Crippen molar-refractivity contribution in [3.05, 3.63) is 60.2 Å². The van der Waals surface area contributed by atoms with Crippen LogP contribution in [0.25, 0.3) is 22.3 Å². The molecule has 0 spiro atoms. The molecule has 2 N–H and O–H groups in total. The molecule has 1 aliphatic heterocycles.